The van der Waals surface area contributed by atoms with Crippen molar-refractivity contribution >= 4 is 0 Å². The standard InChI is InChI=1S/C11H23NO3/c1-11(12,9-13)4-7-15-8-10-2-5-14-6-3-10/h10,13H,2-9,12H2,1H3. The van der Waals surface area contributed by atoms with Crippen molar-refractivity contribution < 1.29 is 14.6 Å². The third-order valence-electron chi connectivity index (χ3n) is 2.87. The van der Waals surface area contributed by atoms with Crippen LogP contribution in [0.2, 0.25) is 0 Å². The van der Waals surface area contributed by atoms with E-state index in [2.05, 4.69) is 0 Å². The number of ether oxygens (including phenoxy) is 2. The average Bonchev–Trinajstić information content (AvgIpc) is 2.26. The van der Waals surface area contributed by atoms with E-state index in [4.69, 9.17) is 20.3 Å². The molecule has 0 radical (unpaired) electrons. The molecule has 1 unspecified atom stereocenters. The second-order valence-corrected chi connectivity index (χ2v) is 4.69. The number of nitrogens with two attached hydrogens (primary N) is 1. The Labute approximate surface area is 91.7 Å². The summed E-state index contributed by atoms with van der Waals surface area (Å²) in [6.07, 6.45) is 2.90. The van der Waals surface area contributed by atoms with Gasteiger partial charge in [0.2, 0.25) is 0 Å². The van der Waals surface area contributed by atoms with Gasteiger partial charge in [0.05, 0.1) is 6.61 Å². The molecule has 1 heterocycles. The van der Waals surface area contributed by atoms with Crippen LogP contribution < -0.4 is 5.73 Å². The maximum absolute atomic E-state index is 8.94. The molecule has 4 nitrogen and oxygen atoms in total. The van der Waals surface area contributed by atoms with E-state index in [1.807, 2.05) is 6.92 Å². The molecule has 15 heavy (non-hydrogen) atoms. The molecule has 1 rings (SSSR count). The smallest absolute Gasteiger partial charge is 0.0609 e. The number of hydrogen-bond acceptors (Lipinski definition) is 4. The highest BCUT2D eigenvalue weighted by molar-refractivity contribution is 4.76. The maximum Gasteiger partial charge on any atom is 0.0609 e. The molecule has 0 saturated carbocycles. The Morgan fingerprint density at radius 1 is 1.47 bits per heavy atom. The van der Waals surface area contributed by atoms with Crippen LogP contribution in [0.4, 0.5) is 0 Å². The number of aliphatic hydroxyl groups excluding tert-OH is 1. The summed E-state index contributed by atoms with van der Waals surface area (Å²) in [5, 5.41) is 8.94. The van der Waals surface area contributed by atoms with Crippen LogP contribution in [0.15, 0.2) is 0 Å². The number of aliphatic hydroxyl groups is 1. The summed E-state index contributed by atoms with van der Waals surface area (Å²) in [6.45, 7) is 4.99. The van der Waals surface area contributed by atoms with Crippen LogP contribution in [-0.2, 0) is 9.47 Å². The van der Waals surface area contributed by atoms with Crippen molar-refractivity contribution in [1.29, 1.82) is 0 Å². The van der Waals surface area contributed by atoms with Gasteiger partial charge in [0.1, 0.15) is 0 Å². The highest BCUT2D eigenvalue weighted by Crippen LogP contribution is 2.15. The lowest BCUT2D eigenvalue weighted by molar-refractivity contribution is 0.0151. The van der Waals surface area contributed by atoms with Crippen LogP contribution in [0.3, 0.4) is 0 Å². The summed E-state index contributed by atoms with van der Waals surface area (Å²) in [7, 11) is 0. The van der Waals surface area contributed by atoms with Gasteiger partial charge in [0.25, 0.3) is 0 Å². The highest BCUT2D eigenvalue weighted by atomic mass is 16.5. The summed E-state index contributed by atoms with van der Waals surface area (Å²) >= 11 is 0. The van der Waals surface area contributed by atoms with E-state index in [1.165, 1.54) is 0 Å². The lowest BCUT2D eigenvalue weighted by atomic mass is 10.0. The van der Waals surface area contributed by atoms with Crippen LogP contribution in [0.25, 0.3) is 0 Å². The van der Waals surface area contributed by atoms with E-state index in [-0.39, 0.29) is 6.61 Å². The molecule has 4 heteroatoms. The van der Waals surface area contributed by atoms with Crippen molar-refractivity contribution in [3.63, 3.8) is 0 Å². The molecule has 0 amide bonds. The van der Waals surface area contributed by atoms with Gasteiger partial charge in [-0.2, -0.15) is 0 Å². The fraction of sp³-hybridized carbons (Fsp3) is 1.00. The largest absolute Gasteiger partial charge is 0.394 e. The summed E-state index contributed by atoms with van der Waals surface area (Å²) in [5.74, 6) is 0.636. The molecule has 3 N–H and O–H groups in total. The SMILES string of the molecule is CC(N)(CO)CCOCC1CCOCC1. The van der Waals surface area contributed by atoms with Crippen LogP contribution >= 0.6 is 0 Å². The molecular formula is C11H23NO3. The Morgan fingerprint density at radius 2 is 2.13 bits per heavy atom. The first-order valence-electron chi connectivity index (χ1n) is 5.69. The van der Waals surface area contributed by atoms with E-state index >= 15 is 0 Å². The molecule has 1 saturated heterocycles. The fourth-order valence-electron chi connectivity index (χ4n) is 1.55. The summed E-state index contributed by atoms with van der Waals surface area (Å²) in [6, 6.07) is 0. The van der Waals surface area contributed by atoms with Gasteiger partial charge in [-0.15, -0.1) is 0 Å². The zero-order valence-corrected chi connectivity index (χ0v) is 9.58. The van der Waals surface area contributed by atoms with Crippen molar-refractivity contribution in [2.24, 2.45) is 11.7 Å². The molecule has 0 aromatic rings. The maximum atomic E-state index is 8.94. The first-order chi connectivity index (χ1) is 7.14. The molecule has 0 spiro atoms. The predicted octanol–water partition coefficient (Wildman–Crippen LogP) is 0.529. The number of hydrogen-bond donors (Lipinski definition) is 2. The van der Waals surface area contributed by atoms with E-state index in [0.717, 1.165) is 32.7 Å². The summed E-state index contributed by atoms with van der Waals surface area (Å²) < 4.78 is 10.8. The molecule has 0 aromatic carbocycles. The first kappa shape index (κ1) is 12.9. The molecule has 0 aliphatic carbocycles. The molecule has 90 valence electrons. The Morgan fingerprint density at radius 3 is 2.73 bits per heavy atom. The van der Waals surface area contributed by atoms with Crippen LogP contribution in [0.5, 0.6) is 0 Å². The Bertz CT molecular complexity index is 167. The molecule has 1 aliphatic rings. The van der Waals surface area contributed by atoms with Gasteiger partial charge in [-0.3, -0.25) is 0 Å². The number of rotatable bonds is 6. The van der Waals surface area contributed by atoms with Gasteiger partial charge in [-0.1, -0.05) is 0 Å². The van der Waals surface area contributed by atoms with Crippen molar-refractivity contribution in [2.45, 2.75) is 31.7 Å². The quantitative estimate of drug-likeness (QED) is 0.637. The monoisotopic (exact) mass is 217 g/mol. The summed E-state index contributed by atoms with van der Waals surface area (Å²) in [5.41, 5.74) is 5.28. The van der Waals surface area contributed by atoms with E-state index in [9.17, 15) is 0 Å². The minimum absolute atomic E-state index is 0.00757. The van der Waals surface area contributed by atoms with Gasteiger partial charge in [-0.05, 0) is 32.1 Å². The van der Waals surface area contributed by atoms with E-state index in [1.54, 1.807) is 0 Å². The van der Waals surface area contributed by atoms with Crippen molar-refractivity contribution in [1.82, 2.24) is 0 Å². The average molecular weight is 217 g/mol. The van der Waals surface area contributed by atoms with E-state index < -0.39 is 5.54 Å². The third kappa shape index (κ3) is 5.47. The van der Waals surface area contributed by atoms with E-state index in [0.29, 0.717) is 18.9 Å². The van der Waals surface area contributed by atoms with Crippen LogP contribution in [0, 0.1) is 5.92 Å². The lowest BCUT2D eigenvalue weighted by Gasteiger charge is -2.24. The van der Waals surface area contributed by atoms with Gasteiger partial charge in [0.15, 0.2) is 0 Å². The normalized spacial score (nSPS) is 22.6. The zero-order valence-electron chi connectivity index (χ0n) is 9.58. The van der Waals surface area contributed by atoms with Gasteiger partial charge >= 0.3 is 0 Å². The molecule has 0 bridgehead atoms. The first-order valence-corrected chi connectivity index (χ1v) is 5.69. The van der Waals surface area contributed by atoms with Crippen molar-refractivity contribution in [3.05, 3.63) is 0 Å². The molecule has 0 aromatic heterocycles. The minimum atomic E-state index is -0.504. The second-order valence-electron chi connectivity index (χ2n) is 4.69. The zero-order chi connectivity index (χ0) is 11.1. The van der Waals surface area contributed by atoms with Crippen molar-refractivity contribution in [3.8, 4) is 0 Å². The molecule has 1 aliphatic heterocycles. The van der Waals surface area contributed by atoms with Gasteiger partial charge in [0, 0.05) is 32.0 Å². The predicted molar refractivity (Wildman–Crippen MR) is 58.7 cm³/mol. The topological polar surface area (TPSA) is 64.7 Å². The van der Waals surface area contributed by atoms with Gasteiger partial charge < -0.3 is 20.3 Å². The molecule has 1 fully saturated rings. The second kappa shape index (κ2) is 6.43. The Kier molecular flexibility index (Phi) is 5.53. The Balaban J connectivity index is 2.00. The van der Waals surface area contributed by atoms with Gasteiger partial charge in [-0.25, -0.2) is 0 Å². The molecular weight excluding hydrogens is 194 g/mol. The van der Waals surface area contributed by atoms with Crippen molar-refractivity contribution in [2.75, 3.05) is 33.0 Å². The third-order valence-corrected chi connectivity index (χ3v) is 2.87. The van der Waals surface area contributed by atoms with Crippen LogP contribution in [-0.4, -0.2) is 43.7 Å². The molecule has 1 atom stereocenters. The van der Waals surface area contributed by atoms with Crippen LogP contribution in [0.1, 0.15) is 26.2 Å². The lowest BCUT2D eigenvalue weighted by Crippen LogP contribution is -2.41. The summed E-state index contributed by atoms with van der Waals surface area (Å²) in [4.78, 5) is 0. The highest BCUT2D eigenvalue weighted by Gasteiger charge is 2.17. The minimum Gasteiger partial charge on any atom is -0.394 e. The fourth-order valence-corrected chi connectivity index (χ4v) is 1.55. The Hall–Kier alpha value is -0.160.